The highest BCUT2D eigenvalue weighted by molar-refractivity contribution is 5.77. The van der Waals surface area contributed by atoms with Crippen LogP contribution in [0.3, 0.4) is 0 Å². The van der Waals surface area contributed by atoms with Crippen molar-refractivity contribution in [2.45, 2.75) is 13.3 Å². The zero-order valence-electron chi connectivity index (χ0n) is 8.80. The Hall–Kier alpha value is -0.610. The Labute approximate surface area is 80.2 Å². The summed E-state index contributed by atoms with van der Waals surface area (Å²) < 4.78 is 5.13. The first-order valence-electron chi connectivity index (χ1n) is 4.66. The average molecular weight is 188 g/mol. The number of rotatable bonds is 7. The van der Waals surface area contributed by atoms with Gasteiger partial charge in [-0.25, -0.2) is 0 Å². The van der Waals surface area contributed by atoms with E-state index in [1.807, 2.05) is 25.9 Å². The van der Waals surface area contributed by atoms with Crippen molar-refractivity contribution in [3.05, 3.63) is 0 Å². The fraction of sp³-hybridized carbons (Fsp3) is 0.889. The van der Waals surface area contributed by atoms with Crippen molar-refractivity contribution in [3.8, 4) is 0 Å². The van der Waals surface area contributed by atoms with E-state index in [1.165, 1.54) is 0 Å². The number of carbonyl (C=O) groups excluding carboxylic acids is 1. The summed E-state index contributed by atoms with van der Waals surface area (Å²) in [6.07, 6.45) is 0.882. The smallest absolute Gasteiger partial charge is 0.234 e. The molecule has 0 atom stereocenters. The van der Waals surface area contributed by atoms with Crippen LogP contribution in [0, 0.1) is 0 Å². The fourth-order valence-electron chi connectivity index (χ4n) is 0.889. The van der Waals surface area contributed by atoms with E-state index in [0.717, 1.165) is 19.6 Å². The molecule has 4 nitrogen and oxygen atoms in total. The molecule has 0 heterocycles. The Morgan fingerprint density at radius 1 is 1.46 bits per heavy atom. The average Bonchev–Trinajstić information content (AvgIpc) is 2.02. The Kier molecular flexibility index (Phi) is 7.63. The van der Waals surface area contributed by atoms with Gasteiger partial charge in [-0.15, -0.1) is 0 Å². The van der Waals surface area contributed by atoms with Crippen molar-refractivity contribution >= 4 is 5.91 Å². The number of carbonyl (C=O) groups is 1. The minimum absolute atomic E-state index is 0.0708. The van der Waals surface area contributed by atoms with Gasteiger partial charge in [0.15, 0.2) is 0 Å². The lowest BCUT2D eigenvalue weighted by Crippen LogP contribution is -2.34. The summed E-state index contributed by atoms with van der Waals surface area (Å²) in [4.78, 5) is 12.9. The summed E-state index contributed by atoms with van der Waals surface area (Å²) in [6, 6.07) is 0. The Morgan fingerprint density at radius 2 is 2.15 bits per heavy atom. The lowest BCUT2D eigenvalue weighted by atomic mass is 10.4. The van der Waals surface area contributed by atoms with E-state index < -0.39 is 0 Å². The molecule has 0 spiro atoms. The van der Waals surface area contributed by atoms with Gasteiger partial charge in [-0.2, -0.15) is 0 Å². The van der Waals surface area contributed by atoms with E-state index >= 15 is 0 Å². The number of ether oxygens (including phenoxy) is 1. The van der Waals surface area contributed by atoms with Crippen molar-refractivity contribution < 1.29 is 9.53 Å². The summed E-state index contributed by atoms with van der Waals surface area (Å²) in [5, 5.41) is 2.81. The van der Waals surface area contributed by atoms with Crippen molar-refractivity contribution in [3.63, 3.8) is 0 Å². The number of nitrogens with one attached hydrogen (secondary N) is 1. The molecule has 0 aliphatic carbocycles. The van der Waals surface area contributed by atoms with E-state index in [-0.39, 0.29) is 5.91 Å². The molecule has 0 aliphatic rings. The van der Waals surface area contributed by atoms with Crippen LogP contribution >= 0.6 is 0 Å². The highest BCUT2D eigenvalue weighted by Crippen LogP contribution is 1.81. The van der Waals surface area contributed by atoms with Crippen LogP contribution in [0.2, 0.25) is 0 Å². The third-order valence-electron chi connectivity index (χ3n) is 1.45. The number of amides is 1. The van der Waals surface area contributed by atoms with Crippen molar-refractivity contribution in [1.29, 1.82) is 0 Å². The third-order valence-corrected chi connectivity index (χ3v) is 1.45. The minimum atomic E-state index is 0.0708. The number of hydrogen-bond acceptors (Lipinski definition) is 3. The molecule has 0 fully saturated rings. The van der Waals surface area contributed by atoms with Crippen LogP contribution in [0.25, 0.3) is 0 Å². The van der Waals surface area contributed by atoms with Crippen molar-refractivity contribution in [2.75, 3.05) is 40.4 Å². The molecule has 0 aromatic heterocycles. The number of nitrogens with zero attached hydrogens (tertiary/aromatic N) is 1. The normalized spacial score (nSPS) is 10.5. The van der Waals surface area contributed by atoms with Gasteiger partial charge in [0.2, 0.25) is 5.91 Å². The van der Waals surface area contributed by atoms with Crippen LogP contribution in [0.15, 0.2) is 0 Å². The molecule has 78 valence electrons. The van der Waals surface area contributed by atoms with Crippen LogP contribution in [0.1, 0.15) is 13.3 Å². The van der Waals surface area contributed by atoms with Gasteiger partial charge < -0.3 is 15.0 Å². The van der Waals surface area contributed by atoms with Crippen LogP contribution in [-0.4, -0.2) is 51.2 Å². The zero-order valence-corrected chi connectivity index (χ0v) is 8.80. The molecular weight excluding hydrogens is 168 g/mol. The predicted molar refractivity (Wildman–Crippen MR) is 52.7 cm³/mol. The van der Waals surface area contributed by atoms with Gasteiger partial charge in [-0.1, -0.05) is 0 Å². The molecule has 0 rings (SSSR count). The molecule has 0 unspecified atom stereocenters. The second kappa shape index (κ2) is 8.01. The first kappa shape index (κ1) is 12.4. The Bertz CT molecular complexity index is 138. The SMILES string of the molecule is CCOCCCNC(=O)CN(C)C. The largest absolute Gasteiger partial charge is 0.382 e. The molecule has 1 amide bonds. The maximum absolute atomic E-state index is 11.1. The fourth-order valence-corrected chi connectivity index (χ4v) is 0.889. The van der Waals surface area contributed by atoms with E-state index in [9.17, 15) is 4.79 Å². The van der Waals surface area contributed by atoms with E-state index in [4.69, 9.17) is 4.74 Å². The second-order valence-electron chi connectivity index (χ2n) is 3.14. The molecule has 0 bridgehead atoms. The summed E-state index contributed by atoms with van der Waals surface area (Å²) in [5.74, 6) is 0.0708. The molecular formula is C9H20N2O2. The van der Waals surface area contributed by atoms with Crippen LogP contribution < -0.4 is 5.32 Å². The van der Waals surface area contributed by atoms with Gasteiger partial charge >= 0.3 is 0 Å². The van der Waals surface area contributed by atoms with Gasteiger partial charge in [0.25, 0.3) is 0 Å². The summed E-state index contributed by atoms with van der Waals surface area (Å²) in [5.41, 5.74) is 0. The summed E-state index contributed by atoms with van der Waals surface area (Å²) >= 11 is 0. The Morgan fingerprint density at radius 3 is 2.69 bits per heavy atom. The van der Waals surface area contributed by atoms with Gasteiger partial charge in [0, 0.05) is 19.8 Å². The topological polar surface area (TPSA) is 41.6 Å². The molecule has 0 aliphatic heterocycles. The standard InChI is InChI=1S/C9H20N2O2/c1-4-13-7-5-6-10-9(12)8-11(2)3/h4-8H2,1-3H3,(H,10,12). The summed E-state index contributed by atoms with van der Waals surface area (Å²) in [7, 11) is 3.75. The number of likely N-dealkylation sites (N-methyl/N-ethyl adjacent to an activating group) is 1. The molecule has 0 saturated heterocycles. The van der Waals surface area contributed by atoms with E-state index in [2.05, 4.69) is 5.32 Å². The summed E-state index contributed by atoms with van der Waals surface area (Å²) in [6.45, 7) is 4.58. The number of hydrogen-bond donors (Lipinski definition) is 1. The van der Waals surface area contributed by atoms with Crippen LogP contribution in [0.5, 0.6) is 0 Å². The Balaban J connectivity index is 3.17. The maximum Gasteiger partial charge on any atom is 0.234 e. The first-order chi connectivity index (χ1) is 6.16. The van der Waals surface area contributed by atoms with Gasteiger partial charge in [-0.05, 0) is 27.4 Å². The van der Waals surface area contributed by atoms with Gasteiger partial charge in [0.05, 0.1) is 6.54 Å². The van der Waals surface area contributed by atoms with Gasteiger partial charge in [-0.3, -0.25) is 4.79 Å². The molecule has 4 heteroatoms. The maximum atomic E-state index is 11.1. The van der Waals surface area contributed by atoms with Crippen LogP contribution in [-0.2, 0) is 9.53 Å². The highest BCUT2D eigenvalue weighted by Gasteiger charge is 2.00. The second-order valence-corrected chi connectivity index (χ2v) is 3.14. The quantitative estimate of drug-likeness (QED) is 0.576. The monoisotopic (exact) mass is 188 g/mol. The molecule has 1 N–H and O–H groups in total. The first-order valence-corrected chi connectivity index (χ1v) is 4.66. The molecule has 0 aromatic carbocycles. The minimum Gasteiger partial charge on any atom is -0.382 e. The molecule has 0 radical (unpaired) electrons. The third kappa shape index (κ3) is 9.30. The highest BCUT2D eigenvalue weighted by atomic mass is 16.5. The van der Waals surface area contributed by atoms with E-state index in [0.29, 0.717) is 13.1 Å². The molecule has 0 aromatic rings. The lowest BCUT2D eigenvalue weighted by Gasteiger charge is -2.09. The van der Waals surface area contributed by atoms with Gasteiger partial charge in [0.1, 0.15) is 0 Å². The van der Waals surface area contributed by atoms with Crippen molar-refractivity contribution in [1.82, 2.24) is 10.2 Å². The van der Waals surface area contributed by atoms with E-state index in [1.54, 1.807) is 0 Å². The zero-order chi connectivity index (χ0) is 10.1. The van der Waals surface area contributed by atoms with Crippen molar-refractivity contribution in [2.24, 2.45) is 0 Å². The lowest BCUT2D eigenvalue weighted by molar-refractivity contribution is -0.121. The predicted octanol–water partition coefficient (Wildman–Crippen LogP) is 0.0908. The van der Waals surface area contributed by atoms with Crippen LogP contribution in [0.4, 0.5) is 0 Å². The molecule has 0 saturated carbocycles. The molecule has 13 heavy (non-hydrogen) atoms.